The van der Waals surface area contributed by atoms with Crippen LogP contribution in [0.25, 0.3) is 0 Å². The lowest BCUT2D eigenvalue weighted by molar-refractivity contribution is -0.125. The summed E-state index contributed by atoms with van der Waals surface area (Å²) in [6.45, 7) is 3.75. The Kier molecular flexibility index (Phi) is 2.37. The molecule has 94 valence electrons. The maximum atomic E-state index is 12.4. The van der Waals surface area contributed by atoms with Crippen molar-refractivity contribution in [2.75, 3.05) is 4.90 Å². The van der Waals surface area contributed by atoms with Gasteiger partial charge in [0.1, 0.15) is 0 Å². The average molecular weight is 373 g/mol. The largest absolute Gasteiger partial charge is 0.273 e. The van der Waals surface area contributed by atoms with E-state index in [1.807, 2.05) is 19.9 Å². The first-order valence-corrected chi connectivity index (χ1v) is 7.23. The van der Waals surface area contributed by atoms with E-state index >= 15 is 0 Å². The third kappa shape index (κ3) is 1.35. The Bertz CT molecular complexity index is 554. The van der Waals surface area contributed by atoms with Crippen LogP contribution in [0.1, 0.15) is 20.3 Å². The van der Waals surface area contributed by atoms with Gasteiger partial charge in [0.25, 0.3) is 0 Å². The topological polar surface area (TPSA) is 37.4 Å². The van der Waals surface area contributed by atoms with Crippen LogP contribution >= 0.6 is 31.9 Å². The number of rotatable bonds is 1. The van der Waals surface area contributed by atoms with Crippen molar-refractivity contribution in [1.29, 1.82) is 0 Å². The second-order valence-corrected chi connectivity index (χ2v) is 7.25. The molecule has 0 aromatic heterocycles. The van der Waals surface area contributed by atoms with E-state index in [1.54, 1.807) is 12.1 Å². The van der Waals surface area contributed by atoms with E-state index in [9.17, 15) is 9.59 Å². The van der Waals surface area contributed by atoms with Gasteiger partial charge in [-0.15, -0.1) is 0 Å². The molecule has 2 fully saturated rings. The van der Waals surface area contributed by atoms with Crippen LogP contribution in [0.2, 0.25) is 0 Å². The van der Waals surface area contributed by atoms with E-state index in [-0.39, 0.29) is 11.8 Å². The molecule has 1 aliphatic heterocycles. The lowest BCUT2D eigenvalue weighted by Gasteiger charge is -2.19. The number of anilines is 1. The summed E-state index contributed by atoms with van der Waals surface area (Å²) in [4.78, 5) is 26.1. The van der Waals surface area contributed by atoms with Gasteiger partial charge in [0.15, 0.2) is 0 Å². The van der Waals surface area contributed by atoms with Gasteiger partial charge in [-0.1, -0.05) is 31.9 Å². The van der Waals surface area contributed by atoms with Gasteiger partial charge in [-0.2, -0.15) is 0 Å². The fourth-order valence-corrected chi connectivity index (χ4v) is 4.04. The van der Waals surface area contributed by atoms with Gasteiger partial charge >= 0.3 is 0 Å². The molecule has 18 heavy (non-hydrogen) atoms. The summed E-state index contributed by atoms with van der Waals surface area (Å²) in [5.74, 6) is -0.167. The highest BCUT2D eigenvalue weighted by Crippen LogP contribution is 2.69. The number of hydrogen-bond donors (Lipinski definition) is 0. The van der Waals surface area contributed by atoms with Crippen molar-refractivity contribution in [2.45, 2.75) is 20.3 Å². The van der Waals surface area contributed by atoms with E-state index in [0.717, 1.165) is 8.95 Å². The lowest BCUT2D eigenvalue weighted by atomic mass is 10.00. The van der Waals surface area contributed by atoms with Crippen LogP contribution in [0.5, 0.6) is 0 Å². The summed E-state index contributed by atoms with van der Waals surface area (Å²) < 4.78 is 1.67. The monoisotopic (exact) mass is 371 g/mol. The third-order valence-electron chi connectivity index (χ3n) is 4.26. The van der Waals surface area contributed by atoms with Crippen molar-refractivity contribution >= 4 is 49.4 Å². The number of fused-ring (bicyclic) bond motifs is 1. The number of nitrogens with zero attached hydrogens (tertiary/aromatic N) is 1. The molecule has 0 radical (unpaired) electrons. The third-order valence-corrected chi connectivity index (χ3v) is 5.17. The van der Waals surface area contributed by atoms with Crippen LogP contribution in [0.3, 0.4) is 0 Å². The molecule has 1 heterocycles. The predicted octanol–water partition coefficient (Wildman–Crippen LogP) is 3.50. The van der Waals surface area contributed by atoms with Crippen molar-refractivity contribution in [3.63, 3.8) is 0 Å². The Hall–Kier alpha value is -0.680. The van der Waals surface area contributed by atoms with Crippen molar-refractivity contribution in [3.8, 4) is 0 Å². The molecule has 5 heteroatoms. The maximum Gasteiger partial charge on any atom is 0.240 e. The second-order valence-electron chi connectivity index (χ2n) is 5.41. The smallest absolute Gasteiger partial charge is 0.240 e. The summed E-state index contributed by atoms with van der Waals surface area (Å²) in [5.41, 5.74) is -0.376. The summed E-state index contributed by atoms with van der Waals surface area (Å²) in [6, 6.07) is 5.45. The Morgan fingerprint density at radius 3 is 1.89 bits per heavy atom. The van der Waals surface area contributed by atoms with Crippen molar-refractivity contribution in [2.24, 2.45) is 10.8 Å². The average Bonchev–Trinajstić information content (AvgIpc) is 2.78. The Morgan fingerprint density at radius 2 is 1.44 bits per heavy atom. The van der Waals surface area contributed by atoms with Crippen LogP contribution in [0.4, 0.5) is 5.69 Å². The standard InChI is InChI=1S/C13H11Br2NO2/c1-12-6-13(12,2)11(18)16(10(12)17)9-4-7(14)3-8(15)5-9/h3-5H,6H2,1-2H3. The highest BCUT2D eigenvalue weighted by Gasteiger charge is 2.77. The highest BCUT2D eigenvalue weighted by atomic mass is 79.9. The molecule has 2 atom stereocenters. The number of amides is 2. The molecule has 1 aromatic rings. The normalized spacial score (nSPS) is 33.9. The van der Waals surface area contributed by atoms with E-state index in [0.29, 0.717) is 12.1 Å². The van der Waals surface area contributed by atoms with Crippen LogP contribution in [0, 0.1) is 10.8 Å². The van der Waals surface area contributed by atoms with Gasteiger partial charge in [-0.05, 0) is 38.5 Å². The number of imide groups is 1. The first-order chi connectivity index (χ1) is 8.29. The number of carbonyl (C=O) groups is 2. The zero-order valence-electron chi connectivity index (χ0n) is 9.96. The van der Waals surface area contributed by atoms with E-state index in [1.165, 1.54) is 4.90 Å². The van der Waals surface area contributed by atoms with Gasteiger partial charge in [0.2, 0.25) is 11.8 Å². The van der Waals surface area contributed by atoms with E-state index in [2.05, 4.69) is 31.9 Å². The fourth-order valence-electron chi connectivity index (χ4n) is 2.77. The lowest BCUT2D eigenvalue weighted by Crippen LogP contribution is -2.35. The van der Waals surface area contributed by atoms with Crippen molar-refractivity contribution in [3.05, 3.63) is 27.1 Å². The molecule has 3 nitrogen and oxygen atoms in total. The first-order valence-electron chi connectivity index (χ1n) is 5.65. The minimum absolute atomic E-state index is 0.0833. The number of carbonyl (C=O) groups excluding carboxylic acids is 2. The summed E-state index contributed by atoms with van der Waals surface area (Å²) in [5, 5.41) is 0. The van der Waals surface area contributed by atoms with Gasteiger partial charge in [0.05, 0.1) is 16.5 Å². The van der Waals surface area contributed by atoms with Crippen molar-refractivity contribution in [1.82, 2.24) is 0 Å². The minimum Gasteiger partial charge on any atom is -0.273 e. The van der Waals surface area contributed by atoms with E-state index < -0.39 is 10.8 Å². The van der Waals surface area contributed by atoms with Gasteiger partial charge in [-0.25, -0.2) is 4.90 Å². The molecule has 1 saturated carbocycles. The number of hydrogen-bond acceptors (Lipinski definition) is 2. The summed E-state index contributed by atoms with van der Waals surface area (Å²) >= 11 is 6.75. The molecule has 0 spiro atoms. The molecule has 0 bridgehead atoms. The van der Waals surface area contributed by atoms with Gasteiger partial charge < -0.3 is 0 Å². The maximum absolute atomic E-state index is 12.4. The molecule has 2 aliphatic rings. The molecular weight excluding hydrogens is 362 g/mol. The molecule has 2 unspecified atom stereocenters. The molecule has 2 amide bonds. The Labute approximate surface area is 122 Å². The molecule has 1 aromatic carbocycles. The van der Waals surface area contributed by atoms with Crippen LogP contribution in [0.15, 0.2) is 27.1 Å². The summed E-state index contributed by atoms with van der Waals surface area (Å²) in [7, 11) is 0. The zero-order chi connectivity index (χ0) is 13.3. The molecule has 1 saturated heterocycles. The second kappa shape index (κ2) is 3.45. The quantitative estimate of drug-likeness (QED) is 0.707. The van der Waals surface area contributed by atoms with Gasteiger partial charge in [0, 0.05) is 8.95 Å². The van der Waals surface area contributed by atoms with Crippen molar-refractivity contribution < 1.29 is 9.59 Å². The van der Waals surface area contributed by atoms with Crippen LogP contribution in [-0.2, 0) is 9.59 Å². The minimum atomic E-state index is -0.501. The molecule has 1 aliphatic carbocycles. The number of benzene rings is 1. The predicted molar refractivity (Wildman–Crippen MR) is 75.2 cm³/mol. The zero-order valence-corrected chi connectivity index (χ0v) is 13.1. The van der Waals surface area contributed by atoms with Crippen LogP contribution in [-0.4, -0.2) is 11.8 Å². The molecular formula is C13H11Br2NO2. The molecule has 3 rings (SSSR count). The fraction of sp³-hybridized carbons (Fsp3) is 0.385. The SMILES string of the molecule is CC12CC1(C)C(=O)N(c1cc(Br)cc(Br)c1)C2=O. The Morgan fingerprint density at radius 1 is 1.00 bits per heavy atom. The summed E-state index contributed by atoms with van der Waals surface area (Å²) in [6.07, 6.45) is 0.670. The number of halogens is 2. The number of piperidine rings is 1. The Balaban J connectivity index is 2.09. The van der Waals surface area contributed by atoms with Crippen LogP contribution < -0.4 is 4.90 Å². The highest BCUT2D eigenvalue weighted by molar-refractivity contribution is 9.11. The van der Waals surface area contributed by atoms with E-state index in [4.69, 9.17) is 0 Å². The van der Waals surface area contributed by atoms with Gasteiger partial charge in [-0.3, -0.25) is 9.59 Å². The molecule has 0 N–H and O–H groups in total. The first kappa shape index (κ1) is 12.4.